The van der Waals surface area contributed by atoms with Gasteiger partial charge in [0.15, 0.2) is 5.76 Å². The van der Waals surface area contributed by atoms with Gasteiger partial charge in [0.05, 0.1) is 17.3 Å². The van der Waals surface area contributed by atoms with E-state index in [-0.39, 0.29) is 12.6 Å². The van der Waals surface area contributed by atoms with Gasteiger partial charge in [0.1, 0.15) is 12.3 Å². The van der Waals surface area contributed by atoms with Crippen molar-refractivity contribution >= 4 is 32.8 Å². The molecule has 0 aliphatic heterocycles. The first-order valence-electron chi connectivity index (χ1n) is 8.06. The highest BCUT2D eigenvalue weighted by atomic mass is 79.9. The molecule has 0 aliphatic rings. The van der Waals surface area contributed by atoms with E-state index in [1.165, 1.54) is 0 Å². The zero-order valence-corrected chi connectivity index (χ0v) is 15.3. The highest BCUT2D eigenvalue weighted by Crippen LogP contribution is 2.26. The fourth-order valence-corrected chi connectivity index (χ4v) is 2.97. The topological polar surface area (TPSA) is 52.3 Å². The number of hydrogen-bond donors (Lipinski definition) is 0. The van der Waals surface area contributed by atoms with Gasteiger partial charge in [-0.3, -0.25) is 0 Å². The zero-order chi connectivity index (χ0) is 17.9. The molecule has 0 bridgehead atoms. The van der Waals surface area contributed by atoms with E-state index < -0.39 is 0 Å². The Hall–Kier alpha value is -2.92. The molecule has 0 N–H and O–H groups in total. The summed E-state index contributed by atoms with van der Waals surface area (Å²) in [7, 11) is 0. The molecule has 0 spiro atoms. The molecule has 128 valence electrons. The van der Waals surface area contributed by atoms with E-state index in [0.717, 1.165) is 20.9 Å². The molecule has 0 atom stereocenters. The van der Waals surface area contributed by atoms with Crippen molar-refractivity contribution in [2.75, 3.05) is 0 Å². The van der Waals surface area contributed by atoms with Gasteiger partial charge in [-0.1, -0.05) is 46.3 Å². The molecule has 2 heterocycles. The summed E-state index contributed by atoms with van der Waals surface area (Å²) >= 11 is 3.39. The van der Waals surface area contributed by atoms with Crippen LogP contribution in [0, 0.1) is 0 Å². The Morgan fingerprint density at radius 3 is 2.62 bits per heavy atom. The summed E-state index contributed by atoms with van der Waals surface area (Å²) in [4.78, 5) is 17.3. The Labute approximate surface area is 158 Å². The maximum atomic E-state index is 12.7. The quantitative estimate of drug-likeness (QED) is 0.412. The molecule has 0 saturated carbocycles. The van der Waals surface area contributed by atoms with Crippen LogP contribution >= 0.6 is 15.9 Å². The standard InChI is InChI=1S/C21H14BrNO3/c22-15-9-7-14(8-10-15)13-26-21(24)17-12-19(20-6-3-11-25-20)23-18-5-2-1-4-16(17)18/h1-12H,13H2. The minimum atomic E-state index is -0.390. The summed E-state index contributed by atoms with van der Waals surface area (Å²) in [5.74, 6) is 0.219. The highest BCUT2D eigenvalue weighted by Gasteiger charge is 2.16. The van der Waals surface area contributed by atoms with E-state index in [2.05, 4.69) is 20.9 Å². The van der Waals surface area contributed by atoms with Crippen molar-refractivity contribution in [3.8, 4) is 11.5 Å². The fourth-order valence-electron chi connectivity index (χ4n) is 2.70. The van der Waals surface area contributed by atoms with Gasteiger partial charge in [-0.15, -0.1) is 0 Å². The van der Waals surface area contributed by atoms with Crippen molar-refractivity contribution in [3.05, 3.63) is 88.6 Å². The third-order valence-corrected chi connectivity index (χ3v) is 4.52. The molecule has 0 saturated heterocycles. The number of esters is 1. The van der Waals surface area contributed by atoms with Gasteiger partial charge in [-0.25, -0.2) is 9.78 Å². The Bertz CT molecular complexity index is 1060. The molecule has 5 heteroatoms. The van der Waals surface area contributed by atoms with E-state index in [0.29, 0.717) is 17.0 Å². The zero-order valence-electron chi connectivity index (χ0n) is 13.7. The number of halogens is 1. The van der Waals surface area contributed by atoms with Crippen LogP contribution in [0.15, 0.2) is 81.9 Å². The minimum Gasteiger partial charge on any atom is -0.463 e. The van der Waals surface area contributed by atoms with Gasteiger partial charge >= 0.3 is 5.97 Å². The average Bonchev–Trinajstić information content (AvgIpc) is 3.21. The van der Waals surface area contributed by atoms with Crippen LogP contribution in [0.4, 0.5) is 0 Å². The number of para-hydroxylation sites is 1. The van der Waals surface area contributed by atoms with Crippen LogP contribution in [-0.2, 0) is 11.3 Å². The molecular weight excluding hydrogens is 394 g/mol. The summed E-state index contributed by atoms with van der Waals surface area (Å²) in [5.41, 5.74) is 2.71. The van der Waals surface area contributed by atoms with Gasteiger partial charge in [-0.05, 0) is 42.0 Å². The number of ether oxygens (including phenoxy) is 1. The predicted molar refractivity (Wildman–Crippen MR) is 103 cm³/mol. The summed E-state index contributed by atoms with van der Waals surface area (Å²) in [5, 5.41) is 0.753. The lowest BCUT2D eigenvalue weighted by molar-refractivity contribution is 0.0475. The summed E-state index contributed by atoms with van der Waals surface area (Å²) in [6.07, 6.45) is 1.58. The molecule has 2 aromatic carbocycles. The molecule has 0 amide bonds. The van der Waals surface area contributed by atoms with E-state index in [4.69, 9.17) is 9.15 Å². The molecule has 0 aliphatic carbocycles. The fraction of sp³-hybridized carbons (Fsp3) is 0.0476. The van der Waals surface area contributed by atoms with Crippen LogP contribution in [0.5, 0.6) is 0 Å². The number of carbonyl (C=O) groups is 1. The highest BCUT2D eigenvalue weighted by molar-refractivity contribution is 9.10. The maximum absolute atomic E-state index is 12.7. The largest absolute Gasteiger partial charge is 0.463 e. The second-order valence-corrected chi connectivity index (χ2v) is 6.67. The molecule has 2 aromatic heterocycles. The maximum Gasteiger partial charge on any atom is 0.339 e. The van der Waals surface area contributed by atoms with Crippen molar-refractivity contribution in [1.29, 1.82) is 0 Å². The predicted octanol–water partition coefficient (Wildman–Crippen LogP) is 5.61. The van der Waals surface area contributed by atoms with E-state index in [1.807, 2.05) is 54.6 Å². The average molecular weight is 408 g/mol. The molecular formula is C21H14BrNO3. The number of benzene rings is 2. The van der Waals surface area contributed by atoms with Crippen LogP contribution in [0.1, 0.15) is 15.9 Å². The summed E-state index contributed by atoms with van der Waals surface area (Å²) in [6, 6.07) is 20.5. The molecule has 0 unspecified atom stereocenters. The van der Waals surface area contributed by atoms with Crippen LogP contribution in [0.25, 0.3) is 22.4 Å². The molecule has 4 rings (SSSR count). The van der Waals surface area contributed by atoms with Crippen LogP contribution in [0.2, 0.25) is 0 Å². The van der Waals surface area contributed by atoms with Crippen molar-refractivity contribution in [3.63, 3.8) is 0 Å². The van der Waals surface area contributed by atoms with Crippen molar-refractivity contribution in [2.24, 2.45) is 0 Å². The van der Waals surface area contributed by atoms with Gasteiger partial charge in [-0.2, -0.15) is 0 Å². The van der Waals surface area contributed by atoms with E-state index >= 15 is 0 Å². The second kappa shape index (κ2) is 7.14. The third kappa shape index (κ3) is 3.39. The number of nitrogens with zero attached hydrogens (tertiary/aromatic N) is 1. The normalized spacial score (nSPS) is 10.8. The number of carbonyl (C=O) groups excluding carboxylic acids is 1. The van der Waals surface area contributed by atoms with Gasteiger partial charge in [0, 0.05) is 9.86 Å². The van der Waals surface area contributed by atoms with Gasteiger partial charge in [0.2, 0.25) is 0 Å². The Morgan fingerprint density at radius 2 is 1.85 bits per heavy atom. The smallest absolute Gasteiger partial charge is 0.339 e. The van der Waals surface area contributed by atoms with Gasteiger partial charge in [0.25, 0.3) is 0 Å². The lowest BCUT2D eigenvalue weighted by Crippen LogP contribution is -2.07. The molecule has 26 heavy (non-hydrogen) atoms. The number of hydrogen-bond acceptors (Lipinski definition) is 4. The van der Waals surface area contributed by atoms with E-state index in [1.54, 1.807) is 18.4 Å². The first-order chi connectivity index (χ1) is 12.7. The third-order valence-electron chi connectivity index (χ3n) is 3.99. The van der Waals surface area contributed by atoms with Gasteiger partial charge < -0.3 is 9.15 Å². The first kappa shape index (κ1) is 16.5. The van der Waals surface area contributed by atoms with Crippen molar-refractivity contribution < 1.29 is 13.9 Å². The lowest BCUT2D eigenvalue weighted by Gasteiger charge is -2.09. The van der Waals surface area contributed by atoms with Crippen molar-refractivity contribution in [1.82, 2.24) is 4.98 Å². The Balaban J connectivity index is 1.67. The number of fused-ring (bicyclic) bond motifs is 1. The first-order valence-corrected chi connectivity index (χ1v) is 8.85. The monoisotopic (exact) mass is 407 g/mol. The van der Waals surface area contributed by atoms with Crippen LogP contribution < -0.4 is 0 Å². The van der Waals surface area contributed by atoms with Crippen LogP contribution in [0.3, 0.4) is 0 Å². The second-order valence-electron chi connectivity index (χ2n) is 5.75. The van der Waals surface area contributed by atoms with E-state index in [9.17, 15) is 4.79 Å². The SMILES string of the molecule is O=C(OCc1ccc(Br)cc1)c1cc(-c2ccco2)nc2ccccc12. The Morgan fingerprint density at radius 1 is 1.04 bits per heavy atom. The molecule has 4 aromatic rings. The molecule has 0 fully saturated rings. The minimum absolute atomic E-state index is 0.207. The number of pyridine rings is 1. The van der Waals surface area contributed by atoms with Crippen LogP contribution in [-0.4, -0.2) is 11.0 Å². The lowest BCUT2D eigenvalue weighted by atomic mass is 10.1. The summed E-state index contributed by atoms with van der Waals surface area (Å²) < 4.78 is 11.9. The Kier molecular flexibility index (Phi) is 4.54. The van der Waals surface area contributed by atoms with Crippen molar-refractivity contribution in [2.45, 2.75) is 6.61 Å². The summed E-state index contributed by atoms with van der Waals surface area (Å²) in [6.45, 7) is 0.207. The number of aromatic nitrogens is 1. The number of furan rings is 1. The number of rotatable bonds is 4. The molecule has 0 radical (unpaired) electrons. The molecule has 4 nitrogen and oxygen atoms in total.